The third-order valence-electron chi connectivity index (χ3n) is 4.97. The summed E-state index contributed by atoms with van der Waals surface area (Å²) in [4.78, 5) is 32.6. The van der Waals surface area contributed by atoms with Gasteiger partial charge in [-0.05, 0) is 12.1 Å². The number of carbonyl (C=O) groups is 2. The molecule has 0 radical (unpaired) electrons. The highest BCUT2D eigenvalue weighted by Gasteiger charge is 2.34. The smallest absolute Gasteiger partial charge is 0.276 e. The Morgan fingerprint density at radius 2 is 1.85 bits per heavy atom. The Kier molecular flexibility index (Phi) is 4.61. The van der Waals surface area contributed by atoms with E-state index in [-0.39, 0.29) is 17.2 Å². The first kappa shape index (κ1) is 17.6. The van der Waals surface area contributed by atoms with E-state index >= 15 is 0 Å². The minimum Gasteiger partial charge on any atom is -0.380 e. The number of nitrogens with zero attached hydrogens (tertiary/aromatic N) is 6. The maximum absolute atomic E-state index is 12.7. The number of amides is 2. The first-order valence-electron chi connectivity index (χ1n) is 9.01. The van der Waals surface area contributed by atoms with E-state index in [0.717, 1.165) is 0 Å². The van der Waals surface area contributed by atoms with Crippen LogP contribution in [0.4, 0.5) is 0 Å². The van der Waals surface area contributed by atoms with E-state index in [2.05, 4.69) is 22.2 Å². The highest BCUT2D eigenvalue weighted by atomic mass is 16.5. The largest absolute Gasteiger partial charge is 0.380 e. The molecule has 2 aromatic rings. The molecule has 142 valence electrons. The van der Waals surface area contributed by atoms with Gasteiger partial charge in [-0.15, -0.1) is 5.10 Å². The molecule has 2 aliphatic heterocycles. The van der Waals surface area contributed by atoms with Gasteiger partial charge >= 0.3 is 0 Å². The molecule has 0 spiro atoms. The molecule has 0 N–H and O–H groups in total. The van der Waals surface area contributed by atoms with Crippen LogP contribution >= 0.6 is 0 Å². The molecular weight excluding hydrogens is 348 g/mol. The Labute approximate surface area is 156 Å². The van der Waals surface area contributed by atoms with Gasteiger partial charge < -0.3 is 14.5 Å². The molecule has 4 heterocycles. The summed E-state index contributed by atoms with van der Waals surface area (Å²) in [6.07, 6.45) is 4.89. The summed E-state index contributed by atoms with van der Waals surface area (Å²) < 4.78 is 6.95. The number of rotatable bonds is 4. The van der Waals surface area contributed by atoms with Gasteiger partial charge in [0.1, 0.15) is 0 Å². The number of carbonyl (C=O) groups excluding carboxylic acids is 2. The van der Waals surface area contributed by atoms with Gasteiger partial charge in [-0.1, -0.05) is 12.1 Å². The number of piperazine rings is 1. The highest BCUT2D eigenvalue weighted by Crippen LogP contribution is 2.28. The molecule has 0 aliphatic carbocycles. The number of aromatic nitrogens is 4. The second kappa shape index (κ2) is 7.07. The van der Waals surface area contributed by atoms with Crippen LogP contribution in [0.1, 0.15) is 27.8 Å². The predicted octanol–water partition coefficient (Wildman–Crippen LogP) is 0.308. The first-order chi connectivity index (χ1) is 13.0. The molecule has 9 nitrogen and oxygen atoms in total. The molecule has 0 bridgehead atoms. The van der Waals surface area contributed by atoms with Crippen molar-refractivity contribution in [3.05, 3.63) is 42.0 Å². The lowest BCUT2D eigenvalue weighted by Crippen LogP contribution is -2.50. The lowest BCUT2D eigenvalue weighted by Gasteiger charge is -2.37. The third kappa shape index (κ3) is 3.68. The van der Waals surface area contributed by atoms with E-state index in [1.807, 2.05) is 0 Å². The molecule has 0 atom stereocenters. The molecule has 2 aromatic heterocycles. The lowest BCUT2D eigenvalue weighted by atomic mass is 9.89. The minimum atomic E-state index is -0.148. The average Bonchev–Trinajstić information content (AvgIpc) is 3.15. The molecule has 2 fully saturated rings. The van der Waals surface area contributed by atoms with Crippen molar-refractivity contribution in [3.8, 4) is 0 Å². The quantitative estimate of drug-likeness (QED) is 0.769. The Balaban J connectivity index is 1.33. The Bertz CT molecular complexity index is 825. The zero-order chi connectivity index (χ0) is 18.9. The van der Waals surface area contributed by atoms with Crippen LogP contribution in [0.3, 0.4) is 0 Å². The molecule has 4 rings (SSSR count). The average molecular weight is 370 g/mol. The van der Waals surface area contributed by atoms with Crippen LogP contribution in [0.25, 0.3) is 0 Å². The molecule has 0 unspecified atom stereocenters. The topological polar surface area (TPSA) is 93.5 Å². The van der Waals surface area contributed by atoms with Crippen molar-refractivity contribution in [1.29, 1.82) is 0 Å². The number of hydrogen-bond acceptors (Lipinski definition) is 6. The number of hydrogen-bond donors (Lipinski definition) is 0. The normalized spacial score (nSPS) is 18.9. The van der Waals surface area contributed by atoms with Gasteiger partial charge in [-0.3, -0.25) is 19.3 Å². The Morgan fingerprint density at radius 1 is 1.15 bits per heavy atom. The van der Waals surface area contributed by atoms with E-state index < -0.39 is 0 Å². The van der Waals surface area contributed by atoms with Crippen LogP contribution in [0.2, 0.25) is 0 Å². The maximum atomic E-state index is 12.7. The number of pyridine rings is 1. The lowest BCUT2D eigenvalue weighted by molar-refractivity contribution is -0.111. The van der Waals surface area contributed by atoms with Gasteiger partial charge in [0, 0.05) is 44.0 Å². The van der Waals surface area contributed by atoms with Gasteiger partial charge in [0.05, 0.1) is 31.5 Å². The van der Waals surface area contributed by atoms with E-state index in [1.165, 1.54) is 0 Å². The molecule has 2 aliphatic rings. The van der Waals surface area contributed by atoms with E-state index in [9.17, 15) is 9.59 Å². The predicted molar refractivity (Wildman–Crippen MR) is 95.0 cm³/mol. The van der Waals surface area contributed by atoms with Gasteiger partial charge in [0.15, 0.2) is 5.69 Å². The fraction of sp³-hybridized carbons (Fsp3) is 0.500. The molecular formula is C18H22N6O3. The molecule has 0 aromatic carbocycles. The summed E-state index contributed by atoms with van der Waals surface area (Å²) in [5.74, 6) is -0.207. The minimum absolute atomic E-state index is 0.0582. The summed E-state index contributed by atoms with van der Waals surface area (Å²) in [7, 11) is 0. The van der Waals surface area contributed by atoms with Crippen LogP contribution in [0.15, 0.2) is 30.7 Å². The standard InChI is InChI=1S/C18H22N6O3/c1-18(12-27-13-18)11-24-10-15(20-21-24)17(26)23-7-5-22(6-8-23)16(25)14-3-2-4-19-9-14/h2-4,9-10H,5-8,11-13H2,1H3. The number of ether oxygens (including phenoxy) is 1. The Morgan fingerprint density at radius 3 is 2.44 bits per heavy atom. The first-order valence-corrected chi connectivity index (χ1v) is 9.01. The van der Waals surface area contributed by atoms with E-state index in [4.69, 9.17) is 4.74 Å². The van der Waals surface area contributed by atoms with Crippen LogP contribution in [-0.4, -0.2) is 81.0 Å². The summed E-state index contributed by atoms with van der Waals surface area (Å²) in [6.45, 7) is 6.13. The van der Waals surface area contributed by atoms with E-state index in [1.54, 1.807) is 45.2 Å². The monoisotopic (exact) mass is 370 g/mol. The van der Waals surface area contributed by atoms with Crippen LogP contribution in [0.5, 0.6) is 0 Å². The fourth-order valence-electron chi connectivity index (χ4n) is 3.35. The van der Waals surface area contributed by atoms with Crippen LogP contribution in [-0.2, 0) is 11.3 Å². The second-order valence-corrected chi connectivity index (χ2v) is 7.43. The van der Waals surface area contributed by atoms with Crippen molar-refractivity contribution >= 4 is 11.8 Å². The molecule has 9 heteroatoms. The summed E-state index contributed by atoms with van der Waals surface area (Å²) in [5.41, 5.74) is 0.964. The molecule has 0 saturated carbocycles. The van der Waals surface area contributed by atoms with Crippen molar-refractivity contribution in [1.82, 2.24) is 29.8 Å². The van der Waals surface area contributed by atoms with Crippen molar-refractivity contribution in [3.63, 3.8) is 0 Å². The van der Waals surface area contributed by atoms with Crippen molar-refractivity contribution < 1.29 is 14.3 Å². The molecule has 27 heavy (non-hydrogen) atoms. The molecule has 2 saturated heterocycles. The Hall–Kier alpha value is -2.81. The van der Waals surface area contributed by atoms with E-state index in [0.29, 0.717) is 57.2 Å². The third-order valence-corrected chi connectivity index (χ3v) is 4.97. The van der Waals surface area contributed by atoms with Crippen molar-refractivity contribution in [2.24, 2.45) is 5.41 Å². The second-order valence-electron chi connectivity index (χ2n) is 7.43. The van der Waals surface area contributed by atoms with Crippen molar-refractivity contribution in [2.45, 2.75) is 13.5 Å². The summed E-state index contributed by atoms with van der Waals surface area (Å²) in [6, 6.07) is 3.49. The van der Waals surface area contributed by atoms with Gasteiger partial charge in [-0.2, -0.15) is 0 Å². The molecule has 2 amide bonds. The maximum Gasteiger partial charge on any atom is 0.276 e. The van der Waals surface area contributed by atoms with Crippen LogP contribution < -0.4 is 0 Å². The van der Waals surface area contributed by atoms with Gasteiger partial charge in [0.2, 0.25) is 0 Å². The van der Waals surface area contributed by atoms with Gasteiger partial charge in [0.25, 0.3) is 11.8 Å². The summed E-state index contributed by atoms with van der Waals surface area (Å²) >= 11 is 0. The zero-order valence-corrected chi connectivity index (χ0v) is 15.2. The van der Waals surface area contributed by atoms with Crippen molar-refractivity contribution in [2.75, 3.05) is 39.4 Å². The highest BCUT2D eigenvalue weighted by molar-refractivity contribution is 5.94. The van der Waals surface area contributed by atoms with Crippen LogP contribution in [0, 0.1) is 5.41 Å². The zero-order valence-electron chi connectivity index (χ0n) is 15.2. The summed E-state index contributed by atoms with van der Waals surface area (Å²) in [5, 5.41) is 8.10. The van der Waals surface area contributed by atoms with Gasteiger partial charge in [-0.25, -0.2) is 0 Å². The SMILES string of the molecule is CC1(Cn2cc(C(=O)N3CCN(C(=O)c4cccnc4)CC3)nn2)COC1. The fourth-order valence-corrected chi connectivity index (χ4v) is 3.35.